The van der Waals surface area contributed by atoms with Crippen LogP contribution >= 0.6 is 0 Å². The second-order valence-electron chi connectivity index (χ2n) is 3.29. The maximum Gasteiger partial charge on any atom is 0.317 e. The van der Waals surface area contributed by atoms with Gasteiger partial charge in [0.2, 0.25) is 0 Å². The topological polar surface area (TPSA) is 49.3 Å². The summed E-state index contributed by atoms with van der Waals surface area (Å²) in [6.07, 6.45) is 3.60. The third-order valence-electron chi connectivity index (χ3n) is 2.38. The largest absolute Gasteiger partial charge is 0.480 e. The molecule has 0 amide bonds. The number of rotatable bonds is 3. The van der Waals surface area contributed by atoms with Crippen LogP contribution in [0, 0.1) is 5.92 Å². The molecular formula is C8H15NO2. The van der Waals surface area contributed by atoms with Crippen molar-refractivity contribution < 1.29 is 9.90 Å². The summed E-state index contributed by atoms with van der Waals surface area (Å²) in [5, 5.41) is 11.4. The van der Waals surface area contributed by atoms with Crippen molar-refractivity contribution in [3.8, 4) is 0 Å². The van der Waals surface area contributed by atoms with Gasteiger partial charge in [-0.2, -0.15) is 0 Å². The molecule has 64 valence electrons. The number of carboxylic acids is 1. The lowest BCUT2D eigenvalue weighted by Crippen LogP contribution is -2.35. The van der Waals surface area contributed by atoms with Crippen molar-refractivity contribution in [3.63, 3.8) is 0 Å². The predicted molar refractivity (Wildman–Crippen MR) is 42.4 cm³/mol. The summed E-state index contributed by atoms with van der Waals surface area (Å²) in [5.41, 5.74) is 0. The monoisotopic (exact) mass is 157 g/mol. The summed E-state index contributed by atoms with van der Waals surface area (Å²) in [5.74, 6) is -0.113. The minimum atomic E-state index is -0.760. The van der Waals surface area contributed by atoms with E-state index >= 15 is 0 Å². The number of carbonyl (C=O) groups is 1. The van der Waals surface area contributed by atoms with Crippen LogP contribution in [0.5, 0.6) is 0 Å². The average molecular weight is 157 g/mol. The first kappa shape index (κ1) is 8.53. The Morgan fingerprint density at radius 3 is 2.82 bits per heavy atom. The van der Waals surface area contributed by atoms with Crippen molar-refractivity contribution in [2.24, 2.45) is 5.92 Å². The second-order valence-corrected chi connectivity index (χ2v) is 3.29. The molecule has 0 aromatic carbocycles. The fraction of sp³-hybridized carbons (Fsp3) is 0.875. The van der Waals surface area contributed by atoms with Crippen molar-refractivity contribution in [1.29, 1.82) is 0 Å². The summed E-state index contributed by atoms with van der Waals surface area (Å²) in [6, 6.07) is 0.436. The normalized spacial score (nSPS) is 30.6. The Balaban J connectivity index is 2.20. The molecule has 1 rings (SSSR count). The third kappa shape index (κ3) is 2.50. The quantitative estimate of drug-likeness (QED) is 0.638. The summed E-state index contributed by atoms with van der Waals surface area (Å²) in [6.45, 7) is 2.28. The van der Waals surface area contributed by atoms with E-state index in [0.29, 0.717) is 12.0 Å². The zero-order valence-corrected chi connectivity index (χ0v) is 6.84. The van der Waals surface area contributed by atoms with Crippen LogP contribution in [0.25, 0.3) is 0 Å². The van der Waals surface area contributed by atoms with Gasteiger partial charge in [-0.15, -0.1) is 0 Å². The lowest BCUT2D eigenvalue weighted by Gasteiger charge is -2.15. The molecule has 1 aliphatic carbocycles. The molecule has 0 radical (unpaired) electrons. The maximum absolute atomic E-state index is 10.2. The molecule has 2 atom stereocenters. The highest BCUT2D eigenvalue weighted by atomic mass is 16.4. The number of hydrogen-bond acceptors (Lipinski definition) is 2. The maximum atomic E-state index is 10.2. The van der Waals surface area contributed by atoms with E-state index in [0.717, 1.165) is 6.42 Å². The Kier molecular flexibility index (Phi) is 2.88. The van der Waals surface area contributed by atoms with Gasteiger partial charge in [0.05, 0.1) is 6.54 Å². The van der Waals surface area contributed by atoms with Crippen LogP contribution in [-0.2, 0) is 4.79 Å². The van der Waals surface area contributed by atoms with E-state index < -0.39 is 5.97 Å². The second kappa shape index (κ2) is 3.72. The summed E-state index contributed by atoms with van der Waals surface area (Å²) in [4.78, 5) is 10.2. The Bertz CT molecular complexity index is 147. The Labute approximate surface area is 66.8 Å². The Morgan fingerprint density at radius 1 is 1.64 bits per heavy atom. The van der Waals surface area contributed by atoms with E-state index in [-0.39, 0.29) is 6.54 Å². The van der Waals surface area contributed by atoms with Crippen molar-refractivity contribution in [2.45, 2.75) is 32.2 Å². The van der Waals surface area contributed by atoms with Crippen molar-refractivity contribution >= 4 is 5.97 Å². The molecule has 1 aliphatic rings. The highest BCUT2D eigenvalue weighted by molar-refractivity contribution is 5.69. The zero-order chi connectivity index (χ0) is 8.27. The highest BCUT2D eigenvalue weighted by Gasteiger charge is 2.22. The number of carboxylic acid groups (broad SMARTS) is 1. The van der Waals surface area contributed by atoms with Crippen LogP contribution in [0.1, 0.15) is 26.2 Å². The highest BCUT2D eigenvalue weighted by Crippen LogP contribution is 2.24. The van der Waals surface area contributed by atoms with Gasteiger partial charge in [0.15, 0.2) is 0 Å². The molecule has 3 heteroatoms. The summed E-state index contributed by atoms with van der Waals surface area (Å²) >= 11 is 0. The molecule has 0 bridgehead atoms. The van der Waals surface area contributed by atoms with Crippen molar-refractivity contribution in [3.05, 3.63) is 0 Å². The van der Waals surface area contributed by atoms with E-state index in [4.69, 9.17) is 5.11 Å². The van der Waals surface area contributed by atoms with Crippen LogP contribution in [0.15, 0.2) is 0 Å². The molecule has 0 aromatic rings. The fourth-order valence-electron chi connectivity index (χ4n) is 1.67. The first-order chi connectivity index (χ1) is 5.20. The fourth-order valence-corrected chi connectivity index (χ4v) is 1.67. The molecule has 11 heavy (non-hydrogen) atoms. The van der Waals surface area contributed by atoms with Crippen LogP contribution in [0.3, 0.4) is 0 Å². The third-order valence-corrected chi connectivity index (χ3v) is 2.38. The number of hydrogen-bond donors (Lipinski definition) is 2. The average Bonchev–Trinajstić information content (AvgIpc) is 2.31. The molecule has 1 unspecified atom stereocenters. The molecule has 1 fully saturated rings. The van der Waals surface area contributed by atoms with Gasteiger partial charge < -0.3 is 10.4 Å². The lowest BCUT2D eigenvalue weighted by molar-refractivity contribution is -0.136. The molecule has 1 saturated carbocycles. The van der Waals surface area contributed by atoms with Gasteiger partial charge in [-0.3, -0.25) is 4.79 Å². The standard InChI is InChI=1S/C8H15NO2/c1-6-3-2-4-7(6)9-5-8(10)11/h6-7,9H,2-5H2,1H3,(H,10,11)/t6?,7-/m0/s1. The molecule has 0 aliphatic heterocycles. The van der Waals surface area contributed by atoms with E-state index in [1.165, 1.54) is 12.8 Å². The minimum absolute atomic E-state index is 0.106. The van der Waals surface area contributed by atoms with Gasteiger partial charge in [0, 0.05) is 6.04 Å². The van der Waals surface area contributed by atoms with Crippen LogP contribution in [-0.4, -0.2) is 23.7 Å². The first-order valence-corrected chi connectivity index (χ1v) is 4.15. The Hall–Kier alpha value is -0.570. The molecule has 0 saturated heterocycles. The molecular weight excluding hydrogens is 142 g/mol. The van der Waals surface area contributed by atoms with E-state index in [1.54, 1.807) is 0 Å². The molecule has 3 nitrogen and oxygen atoms in total. The van der Waals surface area contributed by atoms with E-state index in [2.05, 4.69) is 12.2 Å². The van der Waals surface area contributed by atoms with Crippen LogP contribution in [0.2, 0.25) is 0 Å². The van der Waals surface area contributed by atoms with Gasteiger partial charge in [0.1, 0.15) is 0 Å². The van der Waals surface area contributed by atoms with Crippen molar-refractivity contribution in [1.82, 2.24) is 5.32 Å². The SMILES string of the molecule is CC1CCC[C@@H]1NCC(=O)O. The summed E-state index contributed by atoms with van der Waals surface area (Å²) in [7, 11) is 0. The molecule has 0 aromatic heterocycles. The van der Waals surface area contributed by atoms with Crippen molar-refractivity contribution in [2.75, 3.05) is 6.54 Å². The van der Waals surface area contributed by atoms with Crippen LogP contribution in [0.4, 0.5) is 0 Å². The minimum Gasteiger partial charge on any atom is -0.480 e. The smallest absolute Gasteiger partial charge is 0.317 e. The van der Waals surface area contributed by atoms with Gasteiger partial charge in [-0.05, 0) is 18.8 Å². The summed E-state index contributed by atoms with van der Waals surface area (Å²) < 4.78 is 0. The lowest BCUT2D eigenvalue weighted by atomic mass is 10.1. The van der Waals surface area contributed by atoms with Gasteiger partial charge in [0.25, 0.3) is 0 Å². The van der Waals surface area contributed by atoms with Gasteiger partial charge in [-0.25, -0.2) is 0 Å². The number of nitrogens with one attached hydrogen (secondary N) is 1. The number of aliphatic carboxylic acids is 1. The zero-order valence-electron chi connectivity index (χ0n) is 6.84. The van der Waals surface area contributed by atoms with Crippen LogP contribution < -0.4 is 5.32 Å². The van der Waals surface area contributed by atoms with Gasteiger partial charge in [-0.1, -0.05) is 13.3 Å². The Morgan fingerprint density at radius 2 is 2.36 bits per heavy atom. The molecule has 0 spiro atoms. The van der Waals surface area contributed by atoms with Gasteiger partial charge >= 0.3 is 5.97 Å². The molecule has 0 heterocycles. The first-order valence-electron chi connectivity index (χ1n) is 4.15. The molecule has 2 N–H and O–H groups in total. The van der Waals surface area contributed by atoms with E-state index in [1.807, 2.05) is 0 Å². The predicted octanol–water partition coefficient (Wildman–Crippen LogP) is 0.849. The van der Waals surface area contributed by atoms with E-state index in [9.17, 15) is 4.79 Å².